The van der Waals surface area contributed by atoms with Crippen molar-refractivity contribution in [1.29, 1.82) is 0 Å². The number of nitrogens with one attached hydrogen (secondary N) is 1. The Bertz CT molecular complexity index is 963. The number of likely N-dealkylation sites (tertiary alicyclic amines) is 1. The maximum Gasteiger partial charge on any atom is 0.321 e. The van der Waals surface area contributed by atoms with E-state index in [2.05, 4.69) is 5.32 Å². The Balaban J connectivity index is 1.45. The van der Waals surface area contributed by atoms with Crippen LogP contribution in [0.4, 0.5) is 20.6 Å². The topological polar surface area (TPSA) is 52.7 Å². The summed E-state index contributed by atoms with van der Waals surface area (Å²) in [7, 11) is 0. The molecule has 2 aliphatic rings. The number of carbonyl (C=O) groups is 2. The summed E-state index contributed by atoms with van der Waals surface area (Å²) in [4.78, 5) is 28.6. The molecular weight excluding hydrogens is 413 g/mol. The minimum absolute atomic E-state index is 0.0324. The molecule has 0 aromatic heterocycles. The van der Waals surface area contributed by atoms with E-state index in [0.717, 1.165) is 11.3 Å². The van der Waals surface area contributed by atoms with E-state index in [1.807, 2.05) is 36.1 Å². The lowest BCUT2D eigenvalue weighted by atomic mass is 10.0. The highest BCUT2D eigenvalue weighted by atomic mass is 35.5. The van der Waals surface area contributed by atoms with E-state index in [0.29, 0.717) is 37.4 Å². The highest BCUT2D eigenvalue weighted by molar-refractivity contribution is 8.02. The third-order valence-electron chi connectivity index (χ3n) is 5.38. The minimum atomic E-state index is -0.524. The van der Waals surface area contributed by atoms with Crippen LogP contribution in [0.2, 0.25) is 5.02 Å². The van der Waals surface area contributed by atoms with Gasteiger partial charge in [-0.15, -0.1) is 11.8 Å². The van der Waals surface area contributed by atoms with Crippen LogP contribution in [-0.2, 0) is 4.79 Å². The third kappa shape index (κ3) is 3.94. The van der Waals surface area contributed by atoms with E-state index in [1.54, 1.807) is 16.7 Å². The fourth-order valence-electron chi connectivity index (χ4n) is 3.90. The first kappa shape index (κ1) is 20.0. The predicted octanol–water partition coefficient (Wildman–Crippen LogP) is 4.89. The van der Waals surface area contributed by atoms with Crippen molar-refractivity contribution >= 4 is 46.7 Å². The second-order valence-electron chi connectivity index (χ2n) is 7.35. The summed E-state index contributed by atoms with van der Waals surface area (Å²) in [5.74, 6) is 0.0389. The first-order chi connectivity index (χ1) is 13.9. The number of halogens is 2. The zero-order valence-electron chi connectivity index (χ0n) is 16.0. The molecule has 1 spiro atoms. The molecule has 2 saturated heterocycles. The van der Waals surface area contributed by atoms with Crippen molar-refractivity contribution in [3.63, 3.8) is 0 Å². The van der Waals surface area contributed by atoms with Crippen molar-refractivity contribution in [2.24, 2.45) is 0 Å². The number of hydrogen-bond donors (Lipinski definition) is 1. The Labute approximate surface area is 178 Å². The lowest BCUT2D eigenvalue weighted by Crippen LogP contribution is -2.53. The van der Waals surface area contributed by atoms with Crippen LogP contribution in [0.15, 0.2) is 42.5 Å². The third-order valence-corrected chi connectivity index (χ3v) is 7.19. The zero-order chi connectivity index (χ0) is 20.6. The van der Waals surface area contributed by atoms with E-state index >= 15 is 0 Å². The van der Waals surface area contributed by atoms with E-state index < -0.39 is 5.82 Å². The van der Waals surface area contributed by atoms with Gasteiger partial charge in [0.15, 0.2) is 0 Å². The molecule has 2 fully saturated rings. The fourth-order valence-corrected chi connectivity index (χ4v) is 5.41. The van der Waals surface area contributed by atoms with E-state index in [1.165, 1.54) is 18.2 Å². The van der Waals surface area contributed by atoms with Crippen LogP contribution < -0.4 is 10.2 Å². The summed E-state index contributed by atoms with van der Waals surface area (Å²) >= 11 is 7.45. The largest absolute Gasteiger partial charge is 0.324 e. The quantitative estimate of drug-likeness (QED) is 0.733. The smallest absolute Gasteiger partial charge is 0.321 e. The van der Waals surface area contributed by atoms with Crippen molar-refractivity contribution in [2.75, 3.05) is 29.1 Å². The van der Waals surface area contributed by atoms with Gasteiger partial charge in [-0.2, -0.15) is 0 Å². The molecule has 5 nitrogen and oxygen atoms in total. The van der Waals surface area contributed by atoms with Gasteiger partial charge in [0, 0.05) is 24.5 Å². The molecular formula is C21H21ClFN3O2S. The average Bonchev–Trinajstić information content (AvgIpc) is 3.01. The molecule has 1 N–H and O–H groups in total. The molecule has 2 aliphatic heterocycles. The second kappa shape index (κ2) is 7.88. The van der Waals surface area contributed by atoms with Gasteiger partial charge in [-0.05, 0) is 55.7 Å². The van der Waals surface area contributed by atoms with Crippen LogP contribution in [-0.4, -0.2) is 40.6 Å². The summed E-state index contributed by atoms with van der Waals surface area (Å²) in [5, 5.41) is 2.73. The zero-order valence-corrected chi connectivity index (χ0v) is 17.5. The molecule has 0 atom stereocenters. The Morgan fingerprint density at radius 3 is 2.66 bits per heavy atom. The summed E-state index contributed by atoms with van der Waals surface area (Å²) in [6.45, 7) is 3.07. The first-order valence-corrected chi connectivity index (χ1v) is 10.8. The maximum absolute atomic E-state index is 13.3. The molecule has 8 heteroatoms. The Kier molecular flexibility index (Phi) is 5.44. The van der Waals surface area contributed by atoms with Gasteiger partial charge in [-0.25, -0.2) is 9.18 Å². The van der Waals surface area contributed by atoms with E-state index in [4.69, 9.17) is 11.6 Å². The van der Waals surface area contributed by atoms with Gasteiger partial charge in [0.2, 0.25) is 5.91 Å². The summed E-state index contributed by atoms with van der Waals surface area (Å²) in [6, 6.07) is 11.8. The molecule has 2 aromatic rings. The van der Waals surface area contributed by atoms with Crippen LogP contribution in [0.25, 0.3) is 0 Å². The number of amides is 3. The number of aryl methyl sites for hydroxylation is 1. The van der Waals surface area contributed by atoms with Gasteiger partial charge in [0.25, 0.3) is 0 Å². The number of hydrogen-bond acceptors (Lipinski definition) is 3. The Morgan fingerprint density at radius 1 is 1.21 bits per heavy atom. The number of rotatable bonds is 2. The molecule has 152 valence electrons. The molecule has 0 saturated carbocycles. The standard InChI is InChI=1S/C21H21ClFN3O2S/c1-14-3-2-4-16(11-14)26-19(27)13-29-21(26)7-9-25(10-8-21)20(28)24-15-5-6-18(23)17(22)12-15/h2-6,11-12H,7-10,13H2,1H3,(H,24,28). The van der Waals surface area contributed by atoms with Crippen molar-refractivity contribution in [1.82, 2.24) is 4.90 Å². The fraction of sp³-hybridized carbons (Fsp3) is 0.333. The molecule has 0 aliphatic carbocycles. The number of anilines is 2. The van der Waals surface area contributed by atoms with E-state index in [9.17, 15) is 14.0 Å². The highest BCUT2D eigenvalue weighted by Crippen LogP contribution is 2.46. The summed E-state index contributed by atoms with van der Waals surface area (Å²) < 4.78 is 13.3. The number of urea groups is 1. The number of thioether (sulfide) groups is 1. The van der Waals surface area contributed by atoms with Gasteiger partial charge in [0.05, 0.1) is 15.6 Å². The van der Waals surface area contributed by atoms with Crippen molar-refractivity contribution in [3.05, 3.63) is 58.9 Å². The molecule has 2 heterocycles. The Morgan fingerprint density at radius 2 is 1.97 bits per heavy atom. The number of piperidine rings is 1. The SMILES string of the molecule is Cc1cccc(N2C(=O)CSC23CCN(C(=O)Nc2ccc(F)c(Cl)c2)CC3)c1. The van der Waals surface area contributed by atoms with E-state index in [-0.39, 0.29) is 21.8 Å². The summed E-state index contributed by atoms with van der Waals surface area (Å²) in [6.07, 6.45) is 1.38. The molecule has 0 bridgehead atoms. The normalized spacial score (nSPS) is 18.4. The predicted molar refractivity (Wildman–Crippen MR) is 115 cm³/mol. The van der Waals surface area contributed by atoms with Gasteiger partial charge >= 0.3 is 6.03 Å². The van der Waals surface area contributed by atoms with Crippen molar-refractivity contribution < 1.29 is 14.0 Å². The molecule has 2 aromatic carbocycles. The average molecular weight is 434 g/mol. The van der Waals surface area contributed by atoms with Crippen LogP contribution >= 0.6 is 23.4 Å². The van der Waals surface area contributed by atoms with Crippen LogP contribution in [0.1, 0.15) is 18.4 Å². The summed E-state index contributed by atoms with van der Waals surface area (Å²) in [5.41, 5.74) is 2.48. The minimum Gasteiger partial charge on any atom is -0.324 e. The van der Waals surface area contributed by atoms with Gasteiger partial charge in [-0.3, -0.25) is 9.69 Å². The molecule has 0 radical (unpaired) electrons. The maximum atomic E-state index is 13.3. The molecule has 29 heavy (non-hydrogen) atoms. The number of nitrogens with zero attached hydrogens (tertiary/aromatic N) is 2. The van der Waals surface area contributed by atoms with Crippen molar-refractivity contribution in [3.8, 4) is 0 Å². The lowest BCUT2D eigenvalue weighted by Gasteiger charge is -2.44. The van der Waals surface area contributed by atoms with Gasteiger partial charge in [0.1, 0.15) is 5.82 Å². The second-order valence-corrected chi connectivity index (χ2v) is 9.09. The van der Waals surface area contributed by atoms with Gasteiger partial charge < -0.3 is 10.2 Å². The number of carbonyl (C=O) groups excluding carboxylic acids is 2. The highest BCUT2D eigenvalue weighted by Gasteiger charge is 2.49. The lowest BCUT2D eigenvalue weighted by molar-refractivity contribution is -0.116. The van der Waals surface area contributed by atoms with Gasteiger partial charge in [-0.1, -0.05) is 23.7 Å². The number of benzene rings is 2. The van der Waals surface area contributed by atoms with Crippen LogP contribution in [0.3, 0.4) is 0 Å². The molecule has 0 unspecified atom stereocenters. The first-order valence-electron chi connectivity index (χ1n) is 9.43. The monoisotopic (exact) mass is 433 g/mol. The van der Waals surface area contributed by atoms with Crippen LogP contribution in [0, 0.1) is 12.7 Å². The molecule has 3 amide bonds. The van der Waals surface area contributed by atoms with Crippen LogP contribution in [0.5, 0.6) is 0 Å². The Hall–Kier alpha value is -2.25. The molecule has 4 rings (SSSR count). The van der Waals surface area contributed by atoms with Crippen molar-refractivity contribution in [2.45, 2.75) is 24.6 Å².